The van der Waals surface area contributed by atoms with Crippen LogP contribution in [0.4, 0.5) is 0 Å². The van der Waals surface area contributed by atoms with Gasteiger partial charge in [-0.2, -0.15) is 8.42 Å². The first kappa shape index (κ1) is 7.75. The maximum atomic E-state index is 9.78. The molecule has 0 aromatic carbocycles. The highest BCUT2D eigenvalue weighted by Gasteiger charge is 2.14. The van der Waals surface area contributed by atoms with E-state index in [1.54, 1.807) is 0 Å². The zero-order valence-electron chi connectivity index (χ0n) is 3.84. The lowest BCUT2D eigenvalue weighted by Gasteiger charge is -1.85. The molecule has 0 unspecified atom stereocenters. The second-order valence-corrected chi connectivity index (χ2v) is 2.18. The first-order valence-electron chi connectivity index (χ1n) is 1.49. The summed E-state index contributed by atoms with van der Waals surface area (Å²) >= 11 is 0. The van der Waals surface area contributed by atoms with Crippen LogP contribution in [0.25, 0.3) is 0 Å². The molecule has 0 aliphatic rings. The molecule has 0 atom stereocenters. The molecule has 0 aliphatic carbocycles. The predicted octanol–water partition coefficient (Wildman–Crippen LogP) is -1.22. The third-order valence-electron chi connectivity index (χ3n) is 0.288. The SMILES string of the molecule is O=NS(=O)(=O)N[N+](=O)[O-]. The van der Waals surface area contributed by atoms with Crippen molar-refractivity contribution in [1.29, 1.82) is 0 Å². The van der Waals surface area contributed by atoms with E-state index in [-0.39, 0.29) is 0 Å². The van der Waals surface area contributed by atoms with Crippen LogP contribution in [0.1, 0.15) is 0 Å². The van der Waals surface area contributed by atoms with Crippen LogP contribution in [0.3, 0.4) is 0 Å². The molecule has 1 N–H and O–H groups in total. The highest BCUT2D eigenvalue weighted by Crippen LogP contribution is 1.80. The van der Waals surface area contributed by atoms with Crippen molar-refractivity contribution in [2.24, 2.45) is 4.58 Å². The summed E-state index contributed by atoms with van der Waals surface area (Å²) in [6.07, 6.45) is 0. The molecule has 52 valence electrons. The molecule has 0 aromatic heterocycles. The van der Waals surface area contributed by atoms with Crippen LogP contribution in [0.15, 0.2) is 4.58 Å². The number of hydrogen-bond donors (Lipinski definition) is 1. The molecule has 8 nitrogen and oxygen atoms in total. The molecular formula is HN3O5S. The van der Waals surface area contributed by atoms with Gasteiger partial charge in [-0.25, -0.2) is 10.1 Å². The average Bonchev–Trinajstić information content (AvgIpc) is 1.63. The molecule has 0 saturated carbocycles. The third kappa shape index (κ3) is 3.34. The summed E-state index contributed by atoms with van der Waals surface area (Å²) in [6.45, 7) is 0. The van der Waals surface area contributed by atoms with Gasteiger partial charge in [-0.3, -0.25) is 0 Å². The maximum Gasteiger partial charge on any atom is 0.426 e. The van der Waals surface area contributed by atoms with Crippen molar-refractivity contribution in [2.45, 2.75) is 0 Å². The van der Waals surface area contributed by atoms with Gasteiger partial charge >= 0.3 is 10.2 Å². The van der Waals surface area contributed by atoms with Crippen molar-refractivity contribution in [3.8, 4) is 0 Å². The lowest BCUT2D eigenvalue weighted by Crippen LogP contribution is -2.26. The Morgan fingerprint density at radius 1 is 1.56 bits per heavy atom. The Morgan fingerprint density at radius 2 is 2.00 bits per heavy atom. The summed E-state index contributed by atoms with van der Waals surface area (Å²) < 4.78 is 21.0. The van der Waals surface area contributed by atoms with E-state index < -0.39 is 15.2 Å². The van der Waals surface area contributed by atoms with Gasteiger partial charge in [-0.1, -0.05) is 0 Å². The van der Waals surface area contributed by atoms with Gasteiger partial charge in [-0.15, -0.1) is 4.91 Å². The van der Waals surface area contributed by atoms with E-state index >= 15 is 0 Å². The Kier molecular flexibility index (Phi) is 2.02. The molecule has 0 rings (SSSR count). The topological polar surface area (TPSA) is 119 Å². The second-order valence-electron chi connectivity index (χ2n) is 0.898. The smallest absolute Gasteiger partial charge is 0.234 e. The van der Waals surface area contributed by atoms with E-state index in [1.165, 1.54) is 4.58 Å². The summed E-state index contributed by atoms with van der Waals surface area (Å²) in [5.74, 6) is 0. The Labute approximate surface area is 49.1 Å². The number of hydrogen-bond acceptors (Lipinski definition) is 5. The molecule has 0 aliphatic heterocycles. The van der Waals surface area contributed by atoms with Crippen molar-refractivity contribution in [1.82, 2.24) is 4.83 Å². The molecule has 0 amide bonds. The van der Waals surface area contributed by atoms with Crippen LogP contribution in [0.2, 0.25) is 0 Å². The third-order valence-corrected chi connectivity index (χ3v) is 0.864. The summed E-state index contributed by atoms with van der Waals surface area (Å²) in [5.41, 5.74) is 0. The summed E-state index contributed by atoms with van der Waals surface area (Å²) in [6, 6.07) is 0. The van der Waals surface area contributed by atoms with Crippen molar-refractivity contribution in [2.75, 3.05) is 0 Å². The van der Waals surface area contributed by atoms with Crippen molar-refractivity contribution >= 4 is 10.2 Å². The summed E-state index contributed by atoms with van der Waals surface area (Å²) in [7, 11) is -4.60. The highest BCUT2D eigenvalue weighted by atomic mass is 32.2. The molecule has 0 heterocycles. The van der Waals surface area contributed by atoms with Crippen LogP contribution in [-0.4, -0.2) is 13.5 Å². The summed E-state index contributed by atoms with van der Waals surface area (Å²) in [5, 5.41) is 7.90. The van der Waals surface area contributed by atoms with Gasteiger partial charge in [0.15, 0.2) is 5.03 Å². The van der Waals surface area contributed by atoms with Gasteiger partial charge < -0.3 is 0 Å². The molecule has 9 heteroatoms. The van der Waals surface area contributed by atoms with Crippen molar-refractivity contribution < 1.29 is 13.5 Å². The van der Waals surface area contributed by atoms with E-state index in [2.05, 4.69) is 0 Å². The molecular weight excluding hydrogens is 154 g/mol. The Morgan fingerprint density at radius 3 is 2.11 bits per heavy atom. The van der Waals surface area contributed by atoms with Gasteiger partial charge in [0.2, 0.25) is 0 Å². The standard InChI is InChI=1S/HN3O5S/c4-2-9(7,8)1-3(5)6/h1H. The van der Waals surface area contributed by atoms with Crippen LogP contribution >= 0.6 is 0 Å². The quantitative estimate of drug-likeness (QED) is 0.311. The lowest BCUT2D eigenvalue weighted by atomic mass is 12.7. The number of nitrogens with one attached hydrogen (secondary N) is 1. The number of hydrazine groups is 1. The van der Waals surface area contributed by atoms with Crippen LogP contribution in [0.5, 0.6) is 0 Å². The molecule has 0 spiro atoms. The molecule has 0 saturated heterocycles. The molecule has 0 aromatic rings. The monoisotopic (exact) mass is 155 g/mol. The largest absolute Gasteiger partial charge is 0.426 e. The minimum atomic E-state index is -4.60. The fourth-order valence-corrected chi connectivity index (χ4v) is 0.333. The number of nitro groups is 1. The Hall–Kier alpha value is -1.25. The normalized spacial score (nSPS) is 10.2. The number of nitroso groups, excluding NO2 is 1. The average molecular weight is 155 g/mol. The molecule has 9 heavy (non-hydrogen) atoms. The zero-order valence-corrected chi connectivity index (χ0v) is 4.66. The Bertz CT molecular complexity index is 212. The minimum Gasteiger partial charge on any atom is -0.234 e. The van der Waals surface area contributed by atoms with Crippen molar-refractivity contribution in [3.05, 3.63) is 15.0 Å². The lowest BCUT2D eigenvalue weighted by molar-refractivity contribution is -0.518. The molecule has 0 fully saturated rings. The van der Waals surface area contributed by atoms with E-state index in [0.29, 0.717) is 4.83 Å². The van der Waals surface area contributed by atoms with Crippen LogP contribution in [0, 0.1) is 15.0 Å². The number of nitrogens with zero attached hydrogens (tertiary/aromatic N) is 2. The molecule has 0 radical (unpaired) electrons. The van der Waals surface area contributed by atoms with Gasteiger partial charge in [0, 0.05) is 0 Å². The van der Waals surface area contributed by atoms with E-state index in [0.717, 1.165) is 0 Å². The Balaban J connectivity index is 4.23. The maximum absolute atomic E-state index is 9.78. The first-order chi connectivity index (χ1) is 3.98. The fourth-order valence-electron chi connectivity index (χ4n) is 0.111. The highest BCUT2D eigenvalue weighted by molar-refractivity contribution is 7.87. The van der Waals surface area contributed by atoms with Crippen LogP contribution < -0.4 is 4.83 Å². The zero-order chi connectivity index (χ0) is 7.49. The predicted molar refractivity (Wildman–Crippen MR) is 24.8 cm³/mol. The van der Waals surface area contributed by atoms with E-state index in [9.17, 15) is 18.5 Å². The number of rotatable bonds is 3. The first-order valence-corrected chi connectivity index (χ1v) is 2.93. The fraction of sp³-hybridized carbons (Fsp3) is 0. The van der Waals surface area contributed by atoms with Gasteiger partial charge in [0.05, 0.1) is 4.58 Å². The van der Waals surface area contributed by atoms with E-state index in [1.807, 2.05) is 0 Å². The van der Waals surface area contributed by atoms with Gasteiger partial charge in [0.25, 0.3) is 0 Å². The molecule has 0 bridgehead atoms. The van der Waals surface area contributed by atoms with Crippen LogP contribution in [-0.2, 0) is 10.2 Å². The van der Waals surface area contributed by atoms with Gasteiger partial charge in [0.1, 0.15) is 0 Å². The minimum absolute atomic E-state index is 0.684. The summed E-state index contributed by atoms with van der Waals surface area (Å²) in [4.78, 5) is 19.1. The van der Waals surface area contributed by atoms with Crippen molar-refractivity contribution in [3.63, 3.8) is 0 Å². The van der Waals surface area contributed by atoms with E-state index in [4.69, 9.17) is 4.91 Å². The van der Waals surface area contributed by atoms with Gasteiger partial charge in [-0.05, 0) is 4.83 Å². The second kappa shape index (κ2) is 2.35.